The van der Waals surface area contributed by atoms with Crippen molar-refractivity contribution in [3.63, 3.8) is 0 Å². The van der Waals surface area contributed by atoms with Crippen molar-refractivity contribution in [1.29, 1.82) is 0 Å². The van der Waals surface area contributed by atoms with E-state index in [0.717, 1.165) is 31.2 Å². The van der Waals surface area contributed by atoms with Crippen molar-refractivity contribution < 1.29 is 34.3 Å². The van der Waals surface area contributed by atoms with E-state index in [1.54, 1.807) is 0 Å². The molecule has 0 spiro atoms. The summed E-state index contributed by atoms with van der Waals surface area (Å²) in [6.45, 7) is 1.67. The van der Waals surface area contributed by atoms with E-state index in [1.165, 1.54) is 18.2 Å². The van der Waals surface area contributed by atoms with Crippen LogP contribution >= 0.6 is 11.8 Å². The minimum absolute atomic E-state index is 0.136. The average molecular weight is 469 g/mol. The Morgan fingerprint density at radius 1 is 1.16 bits per heavy atom. The van der Waals surface area contributed by atoms with Gasteiger partial charge in [-0.05, 0) is 23.7 Å². The van der Waals surface area contributed by atoms with Crippen molar-refractivity contribution in [2.45, 2.75) is 88.0 Å². The zero-order valence-electron chi connectivity index (χ0n) is 18.7. The minimum Gasteiger partial charge on any atom is -0.459 e. The van der Waals surface area contributed by atoms with Crippen molar-refractivity contribution in [3.05, 3.63) is 35.9 Å². The van der Waals surface area contributed by atoms with E-state index in [2.05, 4.69) is 0 Å². The van der Waals surface area contributed by atoms with Crippen LogP contribution < -0.4 is 0 Å². The largest absolute Gasteiger partial charge is 0.459 e. The number of carbonyl (C=O) groups excluding carboxylic acids is 1. The van der Waals surface area contributed by atoms with Crippen LogP contribution in [0.1, 0.15) is 51.0 Å². The number of benzene rings is 1. The van der Waals surface area contributed by atoms with Gasteiger partial charge in [0.2, 0.25) is 0 Å². The number of hydrogen-bond donors (Lipinski definition) is 3. The van der Waals surface area contributed by atoms with Crippen molar-refractivity contribution in [3.8, 4) is 0 Å². The zero-order chi connectivity index (χ0) is 22.9. The Morgan fingerprint density at radius 3 is 2.53 bits per heavy atom. The molecule has 1 aromatic carbocycles. The standard InChI is InChI=1S/C24H36O7S/c1-2-32-24-21(27)22(20(26)19(14-25)31-24)30-18(13-16-9-5-3-6-10-16)23(28)29-15-17-11-7-4-8-12-17/h4,7-8,11-12,16,18-22,24-27H,2-3,5-6,9-10,13-15H2,1H3/t18-,19?,20?,21?,22?,24?/m0/s1. The van der Waals surface area contributed by atoms with Crippen LogP contribution in [0.3, 0.4) is 0 Å². The lowest BCUT2D eigenvalue weighted by atomic mass is 9.85. The fourth-order valence-corrected chi connectivity index (χ4v) is 5.36. The highest BCUT2D eigenvalue weighted by atomic mass is 32.2. The molecular formula is C24H36O7S. The van der Waals surface area contributed by atoms with Crippen LogP contribution in [-0.2, 0) is 25.6 Å². The van der Waals surface area contributed by atoms with Gasteiger partial charge in [-0.1, -0.05) is 69.4 Å². The molecule has 32 heavy (non-hydrogen) atoms. The van der Waals surface area contributed by atoms with Gasteiger partial charge in [0, 0.05) is 0 Å². The molecule has 2 aliphatic rings. The number of esters is 1. The van der Waals surface area contributed by atoms with Crippen molar-refractivity contribution in [1.82, 2.24) is 0 Å². The molecule has 1 aromatic rings. The Morgan fingerprint density at radius 2 is 1.88 bits per heavy atom. The summed E-state index contributed by atoms with van der Waals surface area (Å²) in [6, 6.07) is 9.43. The van der Waals surface area contributed by atoms with Gasteiger partial charge in [0.1, 0.15) is 36.5 Å². The Kier molecular flexibility index (Phi) is 10.3. The SMILES string of the molecule is CCSC1OC(CO)C(O)C(O[C@@H](CC2CCCCC2)C(=O)OCc2ccccc2)C1O. The summed E-state index contributed by atoms with van der Waals surface area (Å²) >= 11 is 1.37. The average Bonchev–Trinajstić information content (AvgIpc) is 2.82. The van der Waals surface area contributed by atoms with Gasteiger partial charge < -0.3 is 29.5 Å². The molecule has 1 aliphatic heterocycles. The van der Waals surface area contributed by atoms with Crippen LogP contribution in [0.25, 0.3) is 0 Å². The lowest BCUT2D eigenvalue weighted by molar-refractivity contribution is -0.236. The fourth-order valence-electron chi connectivity index (χ4n) is 4.46. The summed E-state index contributed by atoms with van der Waals surface area (Å²) in [5, 5.41) is 31.2. The molecule has 1 saturated heterocycles. The molecule has 6 atom stereocenters. The Bertz CT molecular complexity index is 682. The van der Waals surface area contributed by atoms with Crippen molar-refractivity contribution >= 4 is 17.7 Å². The van der Waals surface area contributed by atoms with Crippen LogP contribution in [0.5, 0.6) is 0 Å². The molecule has 0 aromatic heterocycles. The highest BCUT2D eigenvalue weighted by molar-refractivity contribution is 7.99. The first-order valence-corrected chi connectivity index (χ1v) is 12.7. The van der Waals surface area contributed by atoms with Gasteiger partial charge in [0.05, 0.1) is 6.61 Å². The summed E-state index contributed by atoms with van der Waals surface area (Å²) in [5.74, 6) is 0.528. The van der Waals surface area contributed by atoms with Gasteiger partial charge in [-0.15, -0.1) is 11.8 Å². The number of aliphatic hydroxyl groups is 3. The third-order valence-corrected chi connectivity index (χ3v) is 7.28. The zero-order valence-corrected chi connectivity index (χ0v) is 19.5. The molecule has 0 amide bonds. The molecule has 180 valence electrons. The number of thioether (sulfide) groups is 1. The number of ether oxygens (including phenoxy) is 3. The first-order valence-electron chi connectivity index (χ1n) is 11.6. The lowest BCUT2D eigenvalue weighted by Crippen LogP contribution is -2.60. The summed E-state index contributed by atoms with van der Waals surface area (Å²) in [6.07, 6.45) is 0.768. The molecular weight excluding hydrogens is 432 g/mol. The smallest absolute Gasteiger partial charge is 0.335 e. The van der Waals surface area contributed by atoms with Crippen LogP contribution in [-0.4, -0.2) is 69.6 Å². The molecule has 1 heterocycles. The summed E-state index contributed by atoms with van der Waals surface area (Å²) in [7, 11) is 0. The van der Waals surface area contributed by atoms with E-state index in [4.69, 9.17) is 14.2 Å². The Hall–Kier alpha value is -1.16. The molecule has 0 bridgehead atoms. The molecule has 2 fully saturated rings. The molecule has 7 nitrogen and oxygen atoms in total. The second-order valence-corrected chi connectivity index (χ2v) is 9.96. The fraction of sp³-hybridized carbons (Fsp3) is 0.708. The van der Waals surface area contributed by atoms with E-state index in [9.17, 15) is 20.1 Å². The second kappa shape index (κ2) is 12.9. The maximum absolute atomic E-state index is 13.0. The summed E-state index contributed by atoms with van der Waals surface area (Å²) in [4.78, 5) is 13.0. The van der Waals surface area contributed by atoms with Gasteiger partial charge in [0.25, 0.3) is 0 Å². The minimum atomic E-state index is -1.25. The lowest BCUT2D eigenvalue weighted by Gasteiger charge is -2.43. The topological polar surface area (TPSA) is 105 Å². The second-order valence-electron chi connectivity index (χ2n) is 8.58. The highest BCUT2D eigenvalue weighted by Crippen LogP contribution is 2.33. The molecule has 0 radical (unpaired) electrons. The van der Waals surface area contributed by atoms with E-state index in [1.807, 2.05) is 37.3 Å². The van der Waals surface area contributed by atoms with Crippen LogP contribution in [0.15, 0.2) is 30.3 Å². The first kappa shape index (κ1) is 25.5. The molecule has 1 aliphatic carbocycles. The van der Waals surface area contributed by atoms with Gasteiger partial charge in [-0.25, -0.2) is 4.79 Å². The summed E-state index contributed by atoms with van der Waals surface area (Å²) < 4.78 is 17.3. The maximum Gasteiger partial charge on any atom is 0.335 e. The van der Waals surface area contributed by atoms with E-state index >= 15 is 0 Å². The van der Waals surface area contributed by atoms with Gasteiger partial charge in [-0.3, -0.25) is 0 Å². The molecule has 1 saturated carbocycles. The number of aliphatic hydroxyl groups excluding tert-OH is 3. The third-order valence-electron chi connectivity index (χ3n) is 6.23. The molecule has 5 unspecified atom stereocenters. The van der Waals surface area contributed by atoms with Crippen LogP contribution in [0.4, 0.5) is 0 Å². The van der Waals surface area contributed by atoms with Crippen LogP contribution in [0, 0.1) is 5.92 Å². The highest BCUT2D eigenvalue weighted by Gasteiger charge is 2.47. The van der Waals surface area contributed by atoms with Crippen molar-refractivity contribution in [2.24, 2.45) is 5.92 Å². The van der Waals surface area contributed by atoms with E-state index in [-0.39, 0.29) is 6.61 Å². The first-order chi connectivity index (χ1) is 15.5. The normalized spacial score (nSPS) is 30.1. The Balaban J connectivity index is 1.72. The monoisotopic (exact) mass is 468 g/mol. The maximum atomic E-state index is 13.0. The molecule has 3 rings (SSSR count). The predicted octanol–water partition coefficient (Wildman–Crippen LogP) is 2.65. The molecule has 8 heteroatoms. The predicted molar refractivity (Wildman–Crippen MR) is 122 cm³/mol. The number of hydrogen-bond acceptors (Lipinski definition) is 8. The van der Waals surface area contributed by atoms with Gasteiger partial charge in [-0.2, -0.15) is 0 Å². The summed E-state index contributed by atoms with van der Waals surface area (Å²) in [5.41, 5.74) is 0.226. The van der Waals surface area contributed by atoms with Gasteiger partial charge >= 0.3 is 5.97 Å². The number of carbonyl (C=O) groups is 1. The van der Waals surface area contributed by atoms with E-state index < -0.39 is 48.5 Å². The number of rotatable bonds is 10. The van der Waals surface area contributed by atoms with E-state index in [0.29, 0.717) is 18.1 Å². The van der Waals surface area contributed by atoms with Crippen LogP contribution in [0.2, 0.25) is 0 Å². The van der Waals surface area contributed by atoms with Crippen molar-refractivity contribution in [2.75, 3.05) is 12.4 Å². The quantitative estimate of drug-likeness (QED) is 0.450. The third kappa shape index (κ3) is 6.92. The van der Waals surface area contributed by atoms with Gasteiger partial charge in [0.15, 0.2) is 6.10 Å². The Labute approximate surface area is 194 Å². The molecule has 3 N–H and O–H groups in total.